The van der Waals surface area contributed by atoms with Crippen LogP contribution in [-0.2, 0) is 6.18 Å². The molecular weight excluding hydrogens is 391 g/mol. The van der Waals surface area contributed by atoms with Gasteiger partial charge in [0, 0.05) is 23.4 Å². The number of hydrogen-bond acceptors (Lipinski definition) is 3. The molecule has 3 aromatic rings. The smallest absolute Gasteiger partial charge is 0.432 e. The molecule has 0 unspecified atom stereocenters. The molecule has 1 N–H and O–H groups in total. The Kier molecular flexibility index (Phi) is 5.79. The van der Waals surface area contributed by atoms with Crippen molar-refractivity contribution in [3.63, 3.8) is 0 Å². The van der Waals surface area contributed by atoms with Crippen molar-refractivity contribution < 1.29 is 17.9 Å². The Hall–Kier alpha value is -2.83. The predicted octanol–water partition coefficient (Wildman–Crippen LogP) is 6.15. The first-order valence-electron chi connectivity index (χ1n) is 10.2. The van der Waals surface area contributed by atoms with Crippen LogP contribution < -0.4 is 4.74 Å². The summed E-state index contributed by atoms with van der Waals surface area (Å²) in [6, 6.07) is 11.8. The Labute approximate surface area is 173 Å². The maximum atomic E-state index is 12.7. The van der Waals surface area contributed by atoms with Gasteiger partial charge in [0.25, 0.3) is 0 Å². The Balaban J connectivity index is 1.30. The highest BCUT2D eigenvalue weighted by Crippen LogP contribution is 2.36. The third-order valence-electron chi connectivity index (χ3n) is 5.71. The number of aromatic amines is 1. The molecule has 7 heteroatoms. The van der Waals surface area contributed by atoms with E-state index < -0.39 is 11.9 Å². The first-order valence-corrected chi connectivity index (χ1v) is 10.2. The number of benzene rings is 1. The van der Waals surface area contributed by atoms with Crippen molar-refractivity contribution in [2.75, 3.05) is 6.61 Å². The fraction of sp³-hybridized carbons (Fsp3) is 0.391. The van der Waals surface area contributed by atoms with Crippen molar-refractivity contribution in [2.45, 2.75) is 44.7 Å². The molecule has 1 aliphatic carbocycles. The quantitative estimate of drug-likeness (QED) is 0.544. The van der Waals surface area contributed by atoms with Crippen LogP contribution in [0.3, 0.4) is 0 Å². The average molecular weight is 415 g/mol. The number of ether oxygens (including phenoxy) is 1. The summed E-state index contributed by atoms with van der Waals surface area (Å²) in [7, 11) is 0. The van der Waals surface area contributed by atoms with E-state index in [0.717, 1.165) is 49.9 Å². The van der Waals surface area contributed by atoms with Crippen molar-refractivity contribution in [1.29, 1.82) is 0 Å². The Morgan fingerprint density at radius 3 is 2.30 bits per heavy atom. The minimum atomic E-state index is -4.43. The highest BCUT2D eigenvalue weighted by molar-refractivity contribution is 5.54. The summed E-state index contributed by atoms with van der Waals surface area (Å²) in [5.41, 5.74) is 1.90. The number of alkyl halides is 3. The molecule has 158 valence electrons. The third kappa shape index (κ3) is 4.83. The van der Waals surface area contributed by atoms with E-state index >= 15 is 0 Å². The molecule has 1 fully saturated rings. The number of nitrogens with zero attached hydrogens (tertiary/aromatic N) is 2. The van der Waals surface area contributed by atoms with Gasteiger partial charge in [-0.05, 0) is 62.8 Å². The minimum Gasteiger partial charge on any atom is -0.493 e. The Morgan fingerprint density at radius 2 is 1.70 bits per heavy atom. The zero-order chi connectivity index (χ0) is 21.1. The lowest BCUT2D eigenvalue weighted by Gasteiger charge is -2.28. The number of halogens is 3. The molecule has 0 saturated heterocycles. The normalized spacial score (nSPS) is 19.6. The van der Waals surface area contributed by atoms with Gasteiger partial charge >= 0.3 is 6.18 Å². The molecule has 0 spiro atoms. The standard InChI is InChI=1S/C23H24F3N3O/c1-15-2-9-19(10-3-15)30-14-16-4-6-17(7-5-16)20-11-8-18(12-27-20)22-28-13-21(29-22)23(24,25)26/h2-3,8-13,16-17H,4-7,14H2,1H3,(H,28,29). The van der Waals surface area contributed by atoms with Crippen molar-refractivity contribution in [3.8, 4) is 17.1 Å². The molecular formula is C23H24F3N3O. The average Bonchev–Trinajstić information content (AvgIpc) is 3.25. The van der Waals surface area contributed by atoms with Gasteiger partial charge in [-0.2, -0.15) is 13.2 Å². The molecule has 1 aliphatic rings. The Morgan fingerprint density at radius 1 is 0.967 bits per heavy atom. The molecule has 0 bridgehead atoms. The van der Waals surface area contributed by atoms with Crippen molar-refractivity contribution in [1.82, 2.24) is 15.0 Å². The molecule has 4 rings (SSSR count). The summed E-state index contributed by atoms with van der Waals surface area (Å²) in [5, 5.41) is 0. The second-order valence-electron chi connectivity index (χ2n) is 7.96. The van der Waals surface area contributed by atoms with Crippen molar-refractivity contribution in [2.24, 2.45) is 5.92 Å². The number of H-pyrrole nitrogens is 1. The number of hydrogen-bond donors (Lipinski definition) is 1. The lowest BCUT2D eigenvalue weighted by atomic mass is 9.80. The van der Waals surface area contributed by atoms with Crippen LogP contribution in [0.25, 0.3) is 11.4 Å². The highest BCUT2D eigenvalue weighted by atomic mass is 19.4. The number of aromatic nitrogens is 3. The van der Waals surface area contributed by atoms with E-state index in [2.05, 4.69) is 21.9 Å². The van der Waals surface area contributed by atoms with Crippen LogP contribution in [0.5, 0.6) is 5.75 Å². The molecule has 1 saturated carbocycles. The van der Waals surface area contributed by atoms with E-state index in [1.54, 1.807) is 12.3 Å². The molecule has 30 heavy (non-hydrogen) atoms. The lowest BCUT2D eigenvalue weighted by molar-refractivity contribution is -0.140. The van der Waals surface area contributed by atoms with Crippen molar-refractivity contribution in [3.05, 3.63) is 65.7 Å². The molecule has 2 heterocycles. The van der Waals surface area contributed by atoms with E-state index in [1.807, 2.05) is 30.3 Å². The number of nitrogens with one attached hydrogen (secondary N) is 1. The molecule has 1 aromatic carbocycles. The topological polar surface area (TPSA) is 50.8 Å². The lowest BCUT2D eigenvalue weighted by Crippen LogP contribution is -2.19. The van der Waals surface area contributed by atoms with Gasteiger partial charge < -0.3 is 9.72 Å². The summed E-state index contributed by atoms with van der Waals surface area (Å²) >= 11 is 0. The van der Waals surface area contributed by atoms with Gasteiger partial charge in [0.05, 0.1) is 12.8 Å². The van der Waals surface area contributed by atoms with Crippen LogP contribution in [0, 0.1) is 12.8 Å². The van der Waals surface area contributed by atoms with Gasteiger partial charge in [-0.25, -0.2) is 4.98 Å². The maximum Gasteiger partial charge on any atom is 0.432 e. The van der Waals surface area contributed by atoms with E-state index in [4.69, 9.17) is 4.74 Å². The van der Waals surface area contributed by atoms with Crippen LogP contribution in [0.2, 0.25) is 0 Å². The predicted molar refractivity (Wildman–Crippen MR) is 108 cm³/mol. The van der Waals surface area contributed by atoms with Crippen LogP contribution in [0.1, 0.15) is 48.6 Å². The summed E-state index contributed by atoms with van der Waals surface area (Å²) in [6.07, 6.45) is 2.20. The van der Waals surface area contributed by atoms with Gasteiger partial charge in [-0.15, -0.1) is 0 Å². The third-order valence-corrected chi connectivity index (χ3v) is 5.71. The van der Waals surface area contributed by atoms with Crippen LogP contribution in [-0.4, -0.2) is 21.6 Å². The monoisotopic (exact) mass is 415 g/mol. The first kappa shape index (κ1) is 20.4. The zero-order valence-corrected chi connectivity index (χ0v) is 16.7. The van der Waals surface area contributed by atoms with Crippen LogP contribution in [0.15, 0.2) is 48.8 Å². The van der Waals surface area contributed by atoms with E-state index in [9.17, 15) is 13.2 Å². The fourth-order valence-corrected chi connectivity index (χ4v) is 3.87. The second kappa shape index (κ2) is 8.50. The number of imidazole rings is 1. The van der Waals surface area contributed by atoms with Gasteiger partial charge in [0.2, 0.25) is 0 Å². The Bertz CT molecular complexity index is 957. The summed E-state index contributed by atoms with van der Waals surface area (Å²) in [5.74, 6) is 1.99. The van der Waals surface area contributed by atoms with Gasteiger partial charge in [-0.3, -0.25) is 4.98 Å². The van der Waals surface area contributed by atoms with Gasteiger partial charge in [0.15, 0.2) is 0 Å². The summed E-state index contributed by atoms with van der Waals surface area (Å²) < 4.78 is 44.1. The zero-order valence-electron chi connectivity index (χ0n) is 16.7. The minimum absolute atomic E-state index is 0.179. The summed E-state index contributed by atoms with van der Waals surface area (Å²) in [4.78, 5) is 10.6. The summed E-state index contributed by atoms with van der Waals surface area (Å²) in [6.45, 7) is 2.78. The molecule has 0 atom stereocenters. The van der Waals surface area contributed by atoms with Gasteiger partial charge in [0.1, 0.15) is 17.3 Å². The molecule has 4 nitrogen and oxygen atoms in total. The van der Waals surface area contributed by atoms with Crippen molar-refractivity contribution >= 4 is 0 Å². The fourth-order valence-electron chi connectivity index (χ4n) is 3.87. The largest absolute Gasteiger partial charge is 0.493 e. The molecule has 0 amide bonds. The first-order chi connectivity index (χ1) is 14.4. The SMILES string of the molecule is Cc1ccc(OCC2CCC(c3ccc(-c4ncc(C(F)(F)F)[nH]4)cn3)CC2)cc1. The number of pyridine rings is 1. The maximum absolute atomic E-state index is 12.7. The molecule has 0 radical (unpaired) electrons. The second-order valence-corrected chi connectivity index (χ2v) is 7.96. The van der Waals surface area contributed by atoms with E-state index in [0.29, 0.717) is 17.4 Å². The van der Waals surface area contributed by atoms with E-state index in [1.165, 1.54) is 5.56 Å². The van der Waals surface area contributed by atoms with Crippen LogP contribution >= 0.6 is 0 Å². The molecule has 0 aliphatic heterocycles. The highest BCUT2D eigenvalue weighted by Gasteiger charge is 2.33. The van der Waals surface area contributed by atoms with Gasteiger partial charge in [-0.1, -0.05) is 17.7 Å². The van der Waals surface area contributed by atoms with Crippen LogP contribution in [0.4, 0.5) is 13.2 Å². The van der Waals surface area contributed by atoms with E-state index in [-0.39, 0.29) is 5.82 Å². The molecule has 2 aromatic heterocycles. The number of aryl methyl sites for hydroxylation is 1. The number of rotatable bonds is 5.